The number of phenols is 1. The topological polar surface area (TPSA) is 57.6 Å². The van der Waals surface area contributed by atoms with E-state index in [9.17, 15) is 14.7 Å². The van der Waals surface area contributed by atoms with Gasteiger partial charge in [0.2, 0.25) is 5.91 Å². The van der Waals surface area contributed by atoms with Crippen molar-refractivity contribution in [3.8, 4) is 5.75 Å². The number of nitrogens with zero attached hydrogens (tertiary/aromatic N) is 1. The fraction of sp³-hybridized carbons (Fsp3) is 0.467. The number of carbonyl (C=O) groups is 2. The second-order valence-electron chi connectivity index (χ2n) is 4.97. The summed E-state index contributed by atoms with van der Waals surface area (Å²) in [7, 11) is 0. The van der Waals surface area contributed by atoms with Crippen molar-refractivity contribution >= 4 is 11.7 Å². The van der Waals surface area contributed by atoms with E-state index in [1.165, 1.54) is 0 Å². The predicted octanol–water partition coefficient (Wildman–Crippen LogP) is 1.76. The van der Waals surface area contributed by atoms with Crippen LogP contribution in [0.5, 0.6) is 5.75 Å². The van der Waals surface area contributed by atoms with E-state index >= 15 is 0 Å². The third-order valence-corrected chi connectivity index (χ3v) is 3.70. The summed E-state index contributed by atoms with van der Waals surface area (Å²) in [5.74, 6) is 0.361. The lowest BCUT2D eigenvalue weighted by Gasteiger charge is -2.31. The molecule has 1 amide bonds. The number of phenolic OH excluding ortho intramolecular Hbond substituents is 1. The summed E-state index contributed by atoms with van der Waals surface area (Å²) in [6.07, 6.45) is 1.42. The van der Waals surface area contributed by atoms with E-state index in [1.807, 2.05) is 6.92 Å². The summed E-state index contributed by atoms with van der Waals surface area (Å²) in [6, 6.07) is 6.86. The average molecular weight is 261 g/mol. The van der Waals surface area contributed by atoms with Crippen molar-refractivity contribution in [1.82, 2.24) is 4.90 Å². The van der Waals surface area contributed by atoms with E-state index in [1.54, 1.807) is 29.2 Å². The summed E-state index contributed by atoms with van der Waals surface area (Å²) in [4.78, 5) is 25.6. The van der Waals surface area contributed by atoms with Gasteiger partial charge in [0.1, 0.15) is 11.5 Å². The number of hydrogen-bond acceptors (Lipinski definition) is 3. The van der Waals surface area contributed by atoms with Crippen molar-refractivity contribution in [2.75, 3.05) is 13.1 Å². The summed E-state index contributed by atoms with van der Waals surface area (Å²) >= 11 is 0. The Morgan fingerprint density at radius 1 is 1.42 bits per heavy atom. The molecule has 2 rings (SSSR count). The molecule has 1 N–H and O–H groups in total. The Kier molecular flexibility index (Phi) is 4.20. The van der Waals surface area contributed by atoms with E-state index < -0.39 is 0 Å². The van der Waals surface area contributed by atoms with Crippen molar-refractivity contribution < 1.29 is 14.7 Å². The van der Waals surface area contributed by atoms with Gasteiger partial charge in [0.25, 0.3) is 0 Å². The molecule has 1 fully saturated rings. The lowest BCUT2D eigenvalue weighted by Crippen LogP contribution is -2.44. The van der Waals surface area contributed by atoms with E-state index in [0.29, 0.717) is 25.1 Å². The van der Waals surface area contributed by atoms with E-state index in [4.69, 9.17) is 0 Å². The first-order chi connectivity index (χ1) is 9.11. The van der Waals surface area contributed by atoms with Gasteiger partial charge in [-0.3, -0.25) is 9.59 Å². The van der Waals surface area contributed by atoms with Crippen molar-refractivity contribution in [3.63, 3.8) is 0 Å². The first kappa shape index (κ1) is 13.6. The van der Waals surface area contributed by atoms with Gasteiger partial charge in [0.15, 0.2) is 0 Å². The van der Waals surface area contributed by atoms with Crippen LogP contribution in [-0.4, -0.2) is 34.8 Å². The van der Waals surface area contributed by atoms with Crippen LogP contribution in [0.15, 0.2) is 24.3 Å². The van der Waals surface area contributed by atoms with Crippen LogP contribution in [0.3, 0.4) is 0 Å². The van der Waals surface area contributed by atoms with Crippen molar-refractivity contribution in [1.29, 1.82) is 0 Å². The van der Waals surface area contributed by atoms with Gasteiger partial charge in [-0.1, -0.05) is 25.1 Å². The number of ketones is 1. The van der Waals surface area contributed by atoms with Crippen LogP contribution in [0.1, 0.15) is 25.3 Å². The molecule has 1 aliphatic rings. The van der Waals surface area contributed by atoms with Crippen LogP contribution in [0, 0.1) is 5.92 Å². The Hall–Kier alpha value is -1.84. The smallest absolute Gasteiger partial charge is 0.227 e. The molecule has 102 valence electrons. The fourth-order valence-electron chi connectivity index (χ4n) is 2.43. The molecule has 0 aromatic heterocycles. The number of Topliss-reactive ketones (excluding diaryl/α,β-unsaturated/α-hetero) is 1. The number of piperidine rings is 1. The Morgan fingerprint density at radius 2 is 2.16 bits per heavy atom. The molecular formula is C15H19NO3. The number of benzene rings is 1. The van der Waals surface area contributed by atoms with Crippen LogP contribution < -0.4 is 0 Å². The Labute approximate surface area is 113 Å². The first-order valence-corrected chi connectivity index (χ1v) is 6.69. The number of hydrogen-bond donors (Lipinski definition) is 1. The largest absolute Gasteiger partial charge is 0.508 e. The molecule has 1 unspecified atom stereocenters. The van der Waals surface area contributed by atoms with Gasteiger partial charge in [-0.15, -0.1) is 0 Å². The Bertz CT molecular complexity index is 484. The molecule has 0 aliphatic carbocycles. The maximum absolute atomic E-state index is 12.2. The quantitative estimate of drug-likeness (QED) is 0.902. The van der Waals surface area contributed by atoms with Crippen molar-refractivity contribution in [3.05, 3.63) is 29.8 Å². The van der Waals surface area contributed by atoms with Crippen molar-refractivity contribution in [2.45, 2.75) is 26.2 Å². The van der Waals surface area contributed by atoms with Crippen LogP contribution >= 0.6 is 0 Å². The zero-order chi connectivity index (χ0) is 13.8. The summed E-state index contributed by atoms with van der Waals surface area (Å²) in [5.41, 5.74) is 0.637. The minimum absolute atomic E-state index is 0.0209. The van der Waals surface area contributed by atoms with Gasteiger partial charge >= 0.3 is 0 Å². The first-order valence-electron chi connectivity index (χ1n) is 6.69. The summed E-state index contributed by atoms with van der Waals surface area (Å²) in [5, 5.41) is 9.67. The second kappa shape index (κ2) is 5.87. The normalized spacial score (nSPS) is 19.5. The predicted molar refractivity (Wildman–Crippen MR) is 71.8 cm³/mol. The van der Waals surface area contributed by atoms with Crippen LogP contribution in [0.25, 0.3) is 0 Å². The summed E-state index contributed by atoms with van der Waals surface area (Å²) < 4.78 is 0. The van der Waals surface area contributed by atoms with Crippen LogP contribution in [0.4, 0.5) is 0 Å². The van der Waals surface area contributed by atoms with E-state index in [-0.39, 0.29) is 29.8 Å². The number of para-hydroxylation sites is 1. The molecule has 0 spiro atoms. The highest BCUT2D eigenvalue weighted by atomic mass is 16.3. The third kappa shape index (κ3) is 3.13. The van der Waals surface area contributed by atoms with Gasteiger partial charge in [0.05, 0.1) is 6.42 Å². The molecule has 19 heavy (non-hydrogen) atoms. The molecule has 0 radical (unpaired) electrons. The van der Waals surface area contributed by atoms with Crippen LogP contribution in [-0.2, 0) is 16.0 Å². The number of aromatic hydroxyl groups is 1. The molecule has 4 nitrogen and oxygen atoms in total. The number of carbonyl (C=O) groups excluding carboxylic acids is 2. The van der Waals surface area contributed by atoms with Crippen LogP contribution in [0.2, 0.25) is 0 Å². The van der Waals surface area contributed by atoms with Gasteiger partial charge in [-0.2, -0.15) is 0 Å². The van der Waals surface area contributed by atoms with E-state index in [2.05, 4.69) is 0 Å². The van der Waals surface area contributed by atoms with Gasteiger partial charge < -0.3 is 10.0 Å². The number of amides is 1. The fourth-order valence-corrected chi connectivity index (χ4v) is 2.43. The average Bonchev–Trinajstić information content (AvgIpc) is 2.42. The zero-order valence-corrected chi connectivity index (χ0v) is 11.1. The molecule has 1 heterocycles. The monoisotopic (exact) mass is 261 g/mol. The zero-order valence-electron chi connectivity index (χ0n) is 11.1. The van der Waals surface area contributed by atoms with Gasteiger partial charge in [-0.05, 0) is 12.5 Å². The van der Waals surface area contributed by atoms with Gasteiger partial charge in [0, 0.05) is 31.0 Å². The highest BCUT2D eigenvalue weighted by Crippen LogP contribution is 2.20. The number of rotatable bonds is 3. The molecule has 1 atom stereocenters. The van der Waals surface area contributed by atoms with E-state index in [0.717, 1.165) is 6.42 Å². The van der Waals surface area contributed by atoms with Gasteiger partial charge in [-0.25, -0.2) is 0 Å². The molecule has 1 aliphatic heterocycles. The summed E-state index contributed by atoms with van der Waals surface area (Å²) in [6.45, 7) is 2.99. The second-order valence-corrected chi connectivity index (χ2v) is 4.97. The molecule has 1 saturated heterocycles. The molecule has 1 aromatic rings. The lowest BCUT2D eigenvalue weighted by atomic mass is 9.93. The molecule has 4 heteroatoms. The maximum atomic E-state index is 12.2. The molecule has 0 bridgehead atoms. The SMILES string of the molecule is CCC1CN(C(=O)Cc2ccccc2O)CCC1=O. The third-order valence-electron chi connectivity index (χ3n) is 3.70. The molecular weight excluding hydrogens is 242 g/mol. The Morgan fingerprint density at radius 3 is 2.84 bits per heavy atom. The molecule has 0 saturated carbocycles. The number of likely N-dealkylation sites (tertiary alicyclic amines) is 1. The molecule has 1 aromatic carbocycles. The standard InChI is InChI=1S/C15H19NO3/c1-2-11-10-16(8-7-14(11)18)15(19)9-12-5-3-4-6-13(12)17/h3-6,11,17H,2,7-10H2,1H3. The maximum Gasteiger partial charge on any atom is 0.227 e. The highest BCUT2D eigenvalue weighted by Gasteiger charge is 2.28. The lowest BCUT2D eigenvalue weighted by molar-refractivity contribution is -0.136. The minimum Gasteiger partial charge on any atom is -0.508 e. The van der Waals surface area contributed by atoms with Crippen molar-refractivity contribution in [2.24, 2.45) is 5.92 Å². The highest BCUT2D eigenvalue weighted by molar-refractivity contribution is 5.86. The minimum atomic E-state index is -0.0259. The Balaban J connectivity index is 2.01.